The van der Waals surface area contributed by atoms with Gasteiger partial charge in [0.1, 0.15) is 6.73 Å². The summed E-state index contributed by atoms with van der Waals surface area (Å²) >= 11 is 0. The van der Waals surface area contributed by atoms with Crippen molar-refractivity contribution in [2.75, 3.05) is 12.4 Å². The van der Waals surface area contributed by atoms with Gasteiger partial charge in [-0.2, -0.15) is 5.10 Å². The minimum atomic E-state index is -0.146. The Morgan fingerprint density at radius 2 is 2.11 bits per heavy atom. The second kappa shape index (κ2) is 5.46. The number of benzene rings is 1. The Bertz CT molecular complexity index is 531. The van der Waals surface area contributed by atoms with Crippen molar-refractivity contribution in [1.29, 1.82) is 0 Å². The zero-order valence-corrected chi connectivity index (χ0v) is 10.4. The number of methoxy groups -OCH3 is 1. The molecule has 1 aromatic carbocycles. The van der Waals surface area contributed by atoms with Crippen LogP contribution in [0.2, 0.25) is 0 Å². The van der Waals surface area contributed by atoms with Crippen LogP contribution in [-0.2, 0) is 11.5 Å². The van der Waals surface area contributed by atoms with Gasteiger partial charge in [-0.15, -0.1) is 0 Å². The van der Waals surface area contributed by atoms with Crippen molar-refractivity contribution in [1.82, 2.24) is 9.78 Å². The average Bonchev–Trinajstić information content (AvgIpc) is 2.78. The second-order valence-electron chi connectivity index (χ2n) is 4.01. The molecule has 18 heavy (non-hydrogen) atoms. The van der Waals surface area contributed by atoms with E-state index in [2.05, 4.69) is 10.4 Å². The normalized spacial score (nSPS) is 10.3. The smallest absolute Gasteiger partial charge is 0.255 e. The van der Waals surface area contributed by atoms with Crippen LogP contribution >= 0.6 is 0 Å². The van der Waals surface area contributed by atoms with Crippen molar-refractivity contribution in [2.45, 2.75) is 13.7 Å². The number of nitrogens with zero attached hydrogens (tertiary/aromatic N) is 2. The number of hydrogen-bond donors (Lipinski definition) is 1. The SMILES string of the molecule is COCn1cc(NC(=O)c2ccc(C)cc2)cn1. The molecular formula is C13H15N3O2. The molecular weight excluding hydrogens is 230 g/mol. The Morgan fingerprint density at radius 1 is 1.39 bits per heavy atom. The maximum atomic E-state index is 11.9. The quantitative estimate of drug-likeness (QED) is 0.896. The first kappa shape index (κ1) is 12.3. The largest absolute Gasteiger partial charge is 0.362 e. The standard InChI is InChI=1S/C13H15N3O2/c1-10-3-5-11(6-4-10)13(17)15-12-7-14-16(8-12)9-18-2/h3-8H,9H2,1-2H3,(H,15,17). The number of aromatic nitrogens is 2. The van der Waals surface area contributed by atoms with Crippen LogP contribution in [0.1, 0.15) is 15.9 Å². The molecule has 0 atom stereocenters. The molecule has 0 aliphatic rings. The molecule has 0 fully saturated rings. The highest BCUT2D eigenvalue weighted by molar-refractivity contribution is 6.04. The van der Waals surface area contributed by atoms with Crippen molar-refractivity contribution >= 4 is 11.6 Å². The summed E-state index contributed by atoms with van der Waals surface area (Å²) in [6, 6.07) is 7.40. The predicted molar refractivity (Wildman–Crippen MR) is 68.4 cm³/mol. The molecule has 1 N–H and O–H groups in total. The van der Waals surface area contributed by atoms with Gasteiger partial charge in [0.15, 0.2) is 0 Å². The van der Waals surface area contributed by atoms with Crippen LogP contribution in [0.3, 0.4) is 0 Å². The summed E-state index contributed by atoms with van der Waals surface area (Å²) in [5, 5.41) is 6.82. The number of aryl methyl sites for hydroxylation is 1. The molecule has 0 saturated heterocycles. The van der Waals surface area contributed by atoms with Crippen LogP contribution in [0.15, 0.2) is 36.7 Å². The molecule has 0 spiro atoms. The van der Waals surface area contributed by atoms with Crippen LogP contribution in [0.5, 0.6) is 0 Å². The molecule has 0 aliphatic heterocycles. The van der Waals surface area contributed by atoms with Gasteiger partial charge in [-0.1, -0.05) is 17.7 Å². The molecule has 94 valence electrons. The monoisotopic (exact) mass is 245 g/mol. The van der Waals surface area contributed by atoms with Crippen LogP contribution in [0.4, 0.5) is 5.69 Å². The molecule has 2 aromatic rings. The third-order valence-electron chi connectivity index (χ3n) is 2.47. The molecule has 0 bridgehead atoms. The summed E-state index contributed by atoms with van der Waals surface area (Å²) in [5.41, 5.74) is 2.40. The van der Waals surface area contributed by atoms with Gasteiger partial charge >= 0.3 is 0 Å². The Labute approximate surface area is 105 Å². The van der Waals surface area contributed by atoms with E-state index in [1.165, 1.54) is 0 Å². The van der Waals surface area contributed by atoms with E-state index in [4.69, 9.17) is 4.74 Å². The maximum absolute atomic E-state index is 11.9. The number of carbonyl (C=O) groups is 1. The van der Waals surface area contributed by atoms with Crippen molar-refractivity contribution in [3.8, 4) is 0 Å². The third-order valence-corrected chi connectivity index (χ3v) is 2.47. The molecule has 1 heterocycles. The van der Waals surface area contributed by atoms with E-state index in [0.717, 1.165) is 5.56 Å². The molecule has 0 aliphatic carbocycles. The zero-order chi connectivity index (χ0) is 13.0. The van der Waals surface area contributed by atoms with E-state index in [1.54, 1.807) is 36.3 Å². The summed E-state index contributed by atoms with van der Waals surface area (Å²) in [6.07, 6.45) is 3.31. The molecule has 0 saturated carbocycles. The number of rotatable bonds is 4. The second-order valence-corrected chi connectivity index (χ2v) is 4.01. The first-order valence-electron chi connectivity index (χ1n) is 5.58. The highest BCUT2D eigenvalue weighted by atomic mass is 16.5. The summed E-state index contributed by atoms with van der Waals surface area (Å²) in [5.74, 6) is -0.146. The van der Waals surface area contributed by atoms with E-state index >= 15 is 0 Å². The lowest BCUT2D eigenvalue weighted by Crippen LogP contribution is -2.11. The summed E-state index contributed by atoms with van der Waals surface area (Å²) in [4.78, 5) is 11.9. The average molecular weight is 245 g/mol. The van der Waals surface area contributed by atoms with E-state index in [1.807, 2.05) is 19.1 Å². The summed E-state index contributed by atoms with van der Waals surface area (Å²) in [6.45, 7) is 2.34. The predicted octanol–water partition coefficient (Wildman–Crippen LogP) is 2.05. The highest BCUT2D eigenvalue weighted by Gasteiger charge is 2.06. The number of nitrogens with one attached hydrogen (secondary N) is 1. The van der Waals surface area contributed by atoms with Crippen LogP contribution in [0, 0.1) is 6.92 Å². The molecule has 0 unspecified atom stereocenters. The molecule has 5 nitrogen and oxygen atoms in total. The van der Waals surface area contributed by atoms with Crippen LogP contribution < -0.4 is 5.32 Å². The van der Waals surface area contributed by atoms with Crippen molar-refractivity contribution < 1.29 is 9.53 Å². The summed E-state index contributed by atoms with van der Waals surface area (Å²) < 4.78 is 6.53. The lowest BCUT2D eigenvalue weighted by atomic mass is 10.1. The minimum Gasteiger partial charge on any atom is -0.362 e. The van der Waals surface area contributed by atoms with Gasteiger partial charge in [-0.3, -0.25) is 4.79 Å². The van der Waals surface area contributed by atoms with Gasteiger partial charge in [-0.25, -0.2) is 4.68 Å². The van der Waals surface area contributed by atoms with Crippen molar-refractivity contribution in [3.63, 3.8) is 0 Å². The van der Waals surface area contributed by atoms with Crippen LogP contribution in [0.25, 0.3) is 0 Å². The van der Waals surface area contributed by atoms with E-state index in [-0.39, 0.29) is 5.91 Å². The number of amides is 1. The molecule has 0 radical (unpaired) electrons. The van der Waals surface area contributed by atoms with Gasteiger partial charge in [0.05, 0.1) is 18.1 Å². The van der Waals surface area contributed by atoms with Crippen molar-refractivity contribution in [2.24, 2.45) is 0 Å². The number of ether oxygens (including phenoxy) is 1. The Hall–Kier alpha value is -2.14. The first-order chi connectivity index (χ1) is 8.69. The van der Waals surface area contributed by atoms with Gasteiger partial charge in [0.25, 0.3) is 5.91 Å². The fraction of sp³-hybridized carbons (Fsp3) is 0.231. The molecule has 2 rings (SSSR count). The highest BCUT2D eigenvalue weighted by Crippen LogP contribution is 2.09. The third kappa shape index (κ3) is 2.95. The van der Waals surface area contributed by atoms with Gasteiger partial charge in [0, 0.05) is 12.7 Å². The fourth-order valence-electron chi connectivity index (χ4n) is 1.54. The zero-order valence-electron chi connectivity index (χ0n) is 10.4. The Kier molecular flexibility index (Phi) is 3.74. The molecule has 1 aromatic heterocycles. The number of carbonyl (C=O) groups excluding carboxylic acids is 1. The fourth-order valence-corrected chi connectivity index (χ4v) is 1.54. The minimum absolute atomic E-state index is 0.146. The van der Waals surface area contributed by atoms with Gasteiger partial charge in [-0.05, 0) is 19.1 Å². The lowest BCUT2D eigenvalue weighted by Gasteiger charge is -2.02. The summed E-state index contributed by atoms with van der Waals surface area (Å²) in [7, 11) is 1.59. The van der Waals surface area contributed by atoms with Gasteiger partial charge < -0.3 is 10.1 Å². The van der Waals surface area contributed by atoms with E-state index < -0.39 is 0 Å². The molecule has 1 amide bonds. The van der Waals surface area contributed by atoms with Crippen LogP contribution in [-0.4, -0.2) is 22.8 Å². The maximum Gasteiger partial charge on any atom is 0.255 e. The molecule has 5 heteroatoms. The van der Waals surface area contributed by atoms with Gasteiger partial charge in [0.2, 0.25) is 0 Å². The van der Waals surface area contributed by atoms with E-state index in [0.29, 0.717) is 18.0 Å². The number of anilines is 1. The Morgan fingerprint density at radius 3 is 2.78 bits per heavy atom. The first-order valence-corrected chi connectivity index (χ1v) is 5.58. The topological polar surface area (TPSA) is 56.1 Å². The van der Waals surface area contributed by atoms with Crippen molar-refractivity contribution in [3.05, 3.63) is 47.8 Å². The lowest BCUT2D eigenvalue weighted by molar-refractivity contribution is 0.102. The number of hydrogen-bond acceptors (Lipinski definition) is 3. The Balaban J connectivity index is 2.04. The van der Waals surface area contributed by atoms with E-state index in [9.17, 15) is 4.79 Å².